The highest BCUT2D eigenvalue weighted by Gasteiger charge is 2.24. The van der Waals surface area contributed by atoms with Gasteiger partial charge >= 0.3 is 0 Å². The molecule has 4 rings (SSSR count). The Balaban J connectivity index is 1.72. The molecule has 0 N–H and O–H groups in total. The Bertz CT molecular complexity index is 1480. The fourth-order valence-corrected chi connectivity index (χ4v) is 5.01. The molecule has 208 valence electrons. The first kappa shape index (κ1) is 29.5. The number of morpholine rings is 1. The van der Waals surface area contributed by atoms with Crippen LogP contribution in [0.1, 0.15) is 39.1 Å². The summed E-state index contributed by atoms with van der Waals surface area (Å²) >= 11 is 13.6. The predicted molar refractivity (Wildman–Crippen MR) is 159 cm³/mol. The van der Waals surface area contributed by atoms with Crippen LogP contribution in [-0.2, 0) is 14.9 Å². The molecule has 3 aromatic rings. The van der Waals surface area contributed by atoms with Crippen LogP contribution in [0, 0.1) is 0 Å². The van der Waals surface area contributed by atoms with Crippen molar-refractivity contribution in [3.63, 3.8) is 0 Å². The molecule has 0 aliphatic carbocycles. The van der Waals surface area contributed by atoms with Gasteiger partial charge < -0.3 is 19.1 Å². The van der Waals surface area contributed by atoms with Gasteiger partial charge in [-0.25, -0.2) is 4.98 Å². The SMILES string of the molecule is CCOc1cc(C=Nn2c(C(C)(C)C)nc3ccc(Br)cc3c2=O)c(Br)c(Cl)c1OCC(=O)N1CCOCC1. The van der Waals surface area contributed by atoms with E-state index in [0.29, 0.717) is 65.4 Å². The van der Waals surface area contributed by atoms with Gasteiger partial charge in [0.1, 0.15) is 10.8 Å². The van der Waals surface area contributed by atoms with Crippen LogP contribution in [0.2, 0.25) is 5.02 Å². The van der Waals surface area contributed by atoms with Crippen LogP contribution in [0.5, 0.6) is 11.5 Å². The lowest BCUT2D eigenvalue weighted by Gasteiger charge is -2.27. The maximum Gasteiger partial charge on any atom is 0.282 e. The minimum Gasteiger partial charge on any atom is -0.490 e. The number of ether oxygens (including phenoxy) is 3. The number of hydrogen-bond acceptors (Lipinski definition) is 7. The second-order valence-electron chi connectivity index (χ2n) is 9.84. The van der Waals surface area contributed by atoms with Gasteiger partial charge in [0.05, 0.1) is 36.9 Å². The highest BCUT2D eigenvalue weighted by molar-refractivity contribution is 9.10. The normalized spacial score (nSPS) is 14.3. The van der Waals surface area contributed by atoms with Crippen molar-refractivity contribution in [2.45, 2.75) is 33.1 Å². The minimum absolute atomic E-state index is 0.164. The molecule has 2 aromatic carbocycles. The number of hydrogen-bond donors (Lipinski definition) is 0. The Kier molecular flexibility index (Phi) is 9.36. The molecule has 0 bridgehead atoms. The van der Waals surface area contributed by atoms with E-state index in [1.54, 1.807) is 23.1 Å². The first-order valence-corrected chi connectivity index (χ1v) is 14.4. The number of carbonyl (C=O) groups excluding carboxylic acids is 1. The van der Waals surface area contributed by atoms with Gasteiger partial charge in [0.15, 0.2) is 18.1 Å². The number of amides is 1. The van der Waals surface area contributed by atoms with Gasteiger partial charge in [0.25, 0.3) is 11.5 Å². The summed E-state index contributed by atoms with van der Waals surface area (Å²) in [7, 11) is 0. The molecule has 1 aromatic heterocycles. The summed E-state index contributed by atoms with van der Waals surface area (Å²) in [5, 5.41) is 5.20. The Morgan fingerprint density at radius 1 is 1.21 bits per heavy atom. The minimum atomic E-state index is -0.464. The van der Waals surface area contributed by atoms with Crippen LogP contribution in [0.15, 0.2) is 43.1 Å². The number of benzene rings is 2. The van der Waals surface area contributed by atoms with Crippen molar-refractivity contribution in [1.82, 2.24) is 14.6 Å². The van der Waals surface area contributed by atoms with Gasteiger partial charge in [0.2, 0.25) is 0 Å². The molecule has 1 aliphatic rings. The highest BCUT2D eigenvalue weighted by Crippen LogP contribution is 2.42. The molecule has 12 heteroatoms. The second-order valence-corrected chi connectivity index (χ2v) is 11.9. The number of fused-ring (bicyclic) bond motifs is 1. The van der Waals surface area contributed by atoms with Crippen molar-refractivity contribution in [2.75, 3.05) is 39.5 Å². The monoisotopic (exact) mass is 682 g/mol. The molecule has 0 radical (unpaired) electrons. The molecular formula is C27H29Br2ClN4O5. The lowest BCUT2D eigenvalue weighted by Crippen LogP contribution is -2.43. The molecule has 0 spiro atoms. The summed E-state index contributed by atoms with van der Waals surface area (Å²) in [6.07, 6.45) is 1.52. The number of halogens is 3. The van der Waals surface area contributed by atoms with Crippen molar-refractivity contribution >= 4 is 66.5 Å². The van der Waals surface area contributed by atoms with Gasteiger partial charge in [0, 0.05) is 33.0 Å². The lowest BCUT2D eigenvalue weighted by atomic mass is 9.95. The average Bonchev–Trinajstić information content (AvgIpc) is 2.90. The third-order valence-electron chi connectivity index (χ3n) is 5.95. The molecule has 1 fully saturated rings. The van der Waals surface area contributed by atoms with Crippen LogP contribution in [0.4, 0.5) is 0 Å². The first-order valence-electron chi connectivity index (χ1n) is 12.4. The molecule has 2 heterocycles. The van der Waals surface area contributed by atoms with Gasteiger partial charge in [-0.15, -0.1) is 0 Å². The Hall–Kier alpha value is -2.47. The van der Waals surface area contributed by atoms with E-state index in [1.165, 1.54) is 10.9 Å². The zero-order valence-corrected chi connectivity index (χ0v) is 26.0. The number of aromatic nitrogens is 2. The Morgan fingerprint density at radius 2 is 1.92 bits per heavy atom. The van der Waals surface area contributed by atoms with Gasteiger partial charge in [-0.3, -0.25) is 9.59 Å². The molecule has 1 amide bonds. The van der Waals surface area contributed by atoms with Crippen LogP contribution >= 0.6 is 43.5 Å². The maximum atomic E-state index is 13.5. The van der Waals surface area contributed by atoms with Crippen LogP contribution in [-0.4, -0.2) is 66.2 Å². The summed E-state index contributed by atoms with van der Waals surface area (Å²) in [5.41, 5.74) is 0.386. The Morgan fingerprint density at radius 3 is 2.59 bits per heavy atom. The lowest BCUT2D eigenvalue weighted by molar-refractivity contribution is -0.137. The van der Waals surface area contributed by atoms with E-state index < -0.39 is 5.41 Å². The van der Waals surface area contributed by atoms with E-state index in [4.69, 9.17) is 30.8 Å². The first-order chi connectivity index (χ1) is 18.5. The molecule has 0 unspecified atom stereocenters. The zero-order chi connectivity index (χ0) is 28.3. The Labute approximate surface area is 248 Å². The quantitative estimate of drug-likeness (QED) is 0.310. The van der Waals surface area contributed by atoms with Crippen molar-refractivity contribution in [1.29, 1.82) is 0 Å². The van der Waals surface area contributed by atoms with E-state index in [-0.39, 0.29) is 28.8 Å². The molecule has 1 aliphatic heterocycles. The van der Waals surface area contributed by atoms with Crippen molar-refractivity contribution in [3.8, 4) is 11.5 Å². The smallest absolute Gasteiger partial charge is 0.282 e. The summed E-state index contributed by atoms with van der Waals surface area (Å²) in [6, 6.07) is 7.08. The number of rotatable bonds is 7. The van der Waals surface area contributed by atoms with E-state index in [2.05, 4.69) is 37.0 Å². The van der Waals surface area contributed by atoms with Crippen molar-refractivity contribution < 1.29 is 19.0 Å². The maximum absolute atomic E-state index is 13.5. The van der Waals surface area contributed by atoms with Gasteiger partial charge in [-0.05, 0) is 47.1 Å². The fraction of sp³-hybridized carbons (Fsp3) is 0.407. The second kappa shape index (κ2) is 12.4. The van der Waals surface area contributed by atoms with Crippen LogP contribution < -0.4 is 15.0 Å². The summed E-state index contributed by atoms with van der Waals surface area (Å²) < 4.78 is 19.5. The summed E-state index contributed by atoms with van der Waals surface area (Å²) in [6.45, 7) is 9.93. The van der Waals surface area contributed by atoms with Gasteiger partial charge in [-0.2, -0.15) is 9.78 Å². The molecule has 0 saturated carbocycles. The summed E-state index contributed by atoms with van der Waals surface area (Å²) in [5.74, 6) is 0.940. The number of carbonyl (C=O) groups is 1. The molecule has 9 nitrogen and oxygen atoms in total. The zero-order valence-electron chi connectivity index (χ0n) is 22.1. The molecule has 0 atom stereocenters. The van der Waals surface area contributed by atoms with E-state index in [1.807, 2.05) is 33.8 Å². The molecular weight excluding hydrogens is 656 g/mol. The molecule has 1 saturated heterocycles. The van der Waals surface area contributed by atoms with Crippen molar-refractivity contribution in [3.05, 3.63) is 60.0 Å². The van der Waals surface area contributed by atoms with E-state index in [0.717, 1.165) is 4.47 Å². The van der Waals surface area contributed by atoms with Gasteiger partial charge in [-0.1, -0.05) is 48.3 Å². The largest absolute Gasteiger partial charge is 0.490 e. The topological polar surface area (TPSA) is 95.2 Å². The standard InChI is InChI=1S/C27H29Br2ClN4O5/c1-5-38-20-12-16(22(29)23(30)24(20)39-15-21(35)33-8-10-37-11-9-33)14-31-34-25(36)18-13-17(28)6-7-19(18)32-26(34)27(2,3)4/h6-7,12-14H,5,8-11,15H2,1-4H3. The van der Waals surface area contributed by atoms with Crippen molar-refractivity contribution in [2.24, 2.45) is 5.10 Å². The van der Waals surface area contributed by atoms with E-state index >= 15 is 0 Å². The third kappa shape index (κ3) is 6.65. The highest BCUT2D eigenvalue weighted by atomic mass is 79.9. The third-order valence-corrected chi connectivity index (χ3v) is 7.89. The van der Waals surface area contributed by atoms with Crippen LogP contribution in [0.25, 0.3) is 10.9 Å². The number of nitrogens with zero attached hydrogens (tertiary/aromatic N) is 4. The summed E-state index contributed by atoms with van der Waals surface area (Å²) in [4.78, 5) is 32.5. The molecule has 39 heavy (non-hydrogen) atoms. The van der Waals surface area contributed by atoms with Crippen LogP contribution in [0.3, 0.4) is 0 Å². The predicted octanol–water partition coefficient (Wildman–Crippen LogP) is 5.39. The fourth-order valence-electron chi connectivity index (χ4n) is 4.00. The average molecular weight is 685 g/mol. The van der Waals surface area contributed by atoms with E-state index in [9.17, 15) is 9.59 Å².